The van der Waals surface area contributed by atoms with E-state index in [4.69, 9.17) is 4.52 Å². The molecule has 0 aliphatic carbocycles. The number of pyridine rings is 1. The predicted octanol–water partition coefficient (Wildman–Crippen LogP) is 4.07. The van der Waals surface area contributed by atoms with E-state index in [0.29, 0.717) is 23.4 Å². The molecule has 0 aliphatic rings. The van der Waals surface area contributed by atoms with Crippen LogP contribution >= 0.6 is 0 Å². The van der Waals surface area contributed by atoms with Gasteiger partial charge >= 0.3 is 0 Å². The maximum Gasteiger partial charge on any atom is 0.257 e. The number of aromatic nitrogens is 2. The molecule has 2 aromatic heterocycles. The van der Waals surface area contributed by atoms with Crippen molar-refractivity contribution < 1.29 is 13.7 Å². The van der Waals surface area contributed by atoms with Crippen LogP contribution in [-0.4, -0.2) is 16.0 Å². The fourth-order valence-corrected chi connectivity index (χ4v) is 2.69. The van der Waals surface area contributed by atoms with E-state index in [1.165, 1.54) is 12.1 Å². The van der Waals surface area contributed by atoms with Crippen molar-refractivity contribution in [2.24, 2.45) is 0 Å². The molecule has 0 saturated carbocycles. The number of amides is 1. The number of aryl methyl sites for hydroxylation is 1. The van der Waals surface area contributed by atoms with Crippen LogP contribution in [0.2, 0.25) is 0 Å². The summed E-state index contributed by atoms with van der Waals surface area (Å²) in [6, 6.07) is 9.43. The zero-order chi connectivity index (χ0) is 17.8. The van der Waals surface area contributed by atoms with Gasteiger partial charge in [-0.25, -0.2) is 4.39 Å². The van der Waals surface area contributed by atoms with Crippen molar-refractivity contribution in [3.05, 3.63) is 71.5 Å². The number of rotatable bonds is 5. The lowest BCUT2D eigenvalue weighted by molar-refractivity contribution is 0.0934. The Morgan fingerprint density at radius 1 is 1.20 bits per heavy atom. The molecule has 0 bridgehead atoms. The molecular formula is C19H18FN3O2. The zero-order valence-corrected chi connectivity index (χ0v) is 14.0. The van der Waals surface area contributed by atoms with E-state index in [1.807, 2.05) is 6.92 Å². The van der Waals surface area contributed by atoms with Gasteiger partial charge in [0.25, 0.3) is 5.91 Å². The highest BCUT2D eigenvalue weighted by Gasteiger charge is 2.23. The molecule has 128 valence electrons. The van der Waals surface area contributed by atoms with E-state index in [1.54, 1.807) is 43.6 Å². The van der Waals surface area contributed by atoms with Gasteiger partial charge in [-0.2, -0.15) is 0 Å². The van der Waals surface area contributed by atoms with Crippen LogP contribution < -0.4 is 5.32 Å². The van der Waals surface area contributed by atoms with Crippen molar-refractivity contribution in [1.29, 1.82) is 0 Å². The lowest BCUT2D eigenvalue weighted by Crippen LogP contribution is -2.28. The highest BCUT2D eigenvalue weighted by atomic mass is 19.1. The smallest absolute Gasteiger partial charge is 0.257 e. The summed E-state index contributed by atoms with van der Waals surface area (Å²) in [6.45, 7) is 3.66. The van der Waals surface area contributed by atoms with Crippen molar-refractivity contribution in [3.63, 3.8) is 0 Å². The molecule has 6 heteroatoms. The van der Waals surface area contributed by atoms with Gasteiger partial charge in [0.2, 0.25) is 0 Å². The molecule has 1 aromatic carbocycles. The summed E-state index contributed by atoms with van der Waals surface area (Å²) in [5.41, 5.74) is 2.47. The number of carbonyl (C=O) groups is 1. The SMILES string of the molecule is CC[C@H](NC(=O)c1c(-c2ccncc2)noc1C)c1ccc(F)cc1. The first kappa shape index (κ1) is 16.8. The number of halogens is 1. The van der Waals surface area contributed by atoms with Gasteiger partial charge < -0.3 is 9.84 Å². The lowest BCUT2D eigenvalue weighted by Gasteiger charge is -2.17. The summed E-state index contributed by atoms with van der Waals surface area (Å²) < 4.78 is 18.3. The molecule has 2 heterocycles. The molecule has 3 aromatic rings. The van der Waals surface area contributed by atoms with Crippen LogP contribution in [0.15, 0.2) is 53.3 Å². The van der Waals surface area contributed by atoms with Crippen molar-refractivity contribution in [2.75, 3.05) is 0 Å². The number of benzene rings is 1. The third kappa shape index (κ3) is 3.57. The van der Waals surface area contributed by atoms with Crippen LogP contribution in [0.5, 0.6) is 0 Å². The molecule has 0 spiro atoms. The van der Waals surface area contributed by atoms with Gasteiger partial charge in [0.05, 0.1) is 6.04 Å². The highest BCUT2D eigenvalue weighted by molar-refractivity contribution is 6.00. The Balaban J connectivity index is 1.88. The molecule has 1 amide bonds. The summed E-state index contributed by atoms with van der Waals surface area (Å²) in [7, 11) is 0. The van der Waals surface area contributed by atoms with E-state index < -0.39 is 0 Å². The van der Waals surface area contributed by atoms with E-state index >= 15 is 0 Å². The van der Waals surface area contributed by atoms with E-state index in [2.05, 4.69) is 15.5 Å². The van der Waals surface area contributed by atoms with Crippen LogP contribution in [0.1, 0.15) is 41.1 Å². The highest BCUT2D eigenvalue weighted by Crippen LogP contribution is 2.26. The molecule has 5 nitrogen and oxygen atoms in total. The minimum absolute atomic E-state index is 0.229. The quantitative estimate of drug-likeness (QED) is 0.761. The summed E-state index contributed by atoms with van der Waals surface area (Å²) in [6.07, 6.45) is 3.94. The topological polar surface area (TPSA) is 68.0 Å². The molecule has 3 rings (SSSR count). The first-order valence-corrected chi connectivity index (χ1v) is 8.03. The van der Waals surface area contributed by atoms with Crippen LogP contribution in [0.25, 0.3) is 11.3 Å². The van der Waals surface area contributed by atoms with Crippen molar-refractivity contribution >= 4 is 5.91 Å². The third-order valence-corrected chi connectivity index (χ3v) is 4.03. The zero-order valence-electron chi connectivity index (χ0n) is 14.0. The maximum atomic E-state index is 13.1. The average Bonchev–Trinajstić information content (AvgIpc) is 3.03. The Kier molecular flexibility index (Phi) is 4.88. The first-order valence-electron chi connectivity index (χ1n) is 8.03. The molecule has 1 atom stereocenters. The van der Waals surface area contributed by atoms with Gasteiger partial charge in [-0.15, -0.1) is 0 Å². The van der Waals surface area contributed by atoms with Crippen molar-refractivity contribution in [1.82, 2.24) is 15.5 Å². The number of nitrogens with one attached hydrogen (secondary N) is 1. The minimum Gasteiger partial charge on any atom is -0.360 e. The molecule has 0 saturated heterocycles. The van der Waals surface area contributed by atoms with Gasteiger partial charge in [-0.05, 0) is 43.2 Å². The molecule has 25 heavy (non-hydrogen) atoms. The second-order valence-electron chi connectivity index (χ2n) is 5.68. The summed E-state index contributed by atoms with van der Waals surface area (Å²) in [5.74, 6) is -0.139. The molecule has 0 unspecified atom stereocenters. The first-order chi connectivity index (χ1) is 12.1. The van der Waals surface area contributed by atoms with Crippen LogP contribution in [0.4, 0.5) is 4.39 Å². The number of hydrogen-bond acceptors (Lipinski definition) is 4. The molecule has 0 fully saturated rings. The Morgan fingerprint density at radius 3 is 2.52 bits per heavy atom. The monoisotopic (exact) mass is 339 g/mol. The predicted molar refractivity (Wildman–Crippen MR) is 91.4 cm³/mol. The molecular weight excluding hydrogens is 321 g/mol. The summed E-state index contributed by atoms with van der Waals surface area (Å²) in [4.78, 5) is 16.8. The number of hydrogen-bond donors (Lipinski definition) is 1. The number of carbonyl (C=O) groups excluding carboxylic acids is 1. The molecule has 1 N–H and O–H groups in total. The second kappa shape index (κ2) is 7.25. The standard InChI is InChI=1S/C19H18FN3O2/c1-3-16(13-4-6-15(20)7-5-13)22-19(24)17-12(2)25-23-18(17)14-8-10-21-11-9-14/h4-11,16H,3H2,1-2H3,(H,22,24)/t16-/m0/s1. The third-order valence-electron chi connectivity index (χ3n) is 4.03. The minimum atomic E-state index is -0.306. The number of nitrogens with zero attached hydrogens (tertiary/aromatic N) is 2. The fraction of sp³-hybridized carbons (Fsp3) is 0.211. The molecule has 0 radical (unpaired) electrons. The Labute approximate surface area is 144 Å². The van der Waals surface area contributed by atoms with Crippen LogP contribution in [-0.2, 0) is 0 Å². The van der Waals surface area contributed by atoms with Crippen molar-refractivity contribution in [3.8, 4) is 11.3 Å². The summed E-state index contributed by atoms with van der Waals surface area (Å²) >= 11 is 0. The Bertz CT molecular complexity index is 860. The van der Waals surface area contributed by atoms with Crippen molar-refractivity contribution in [2.45, 2.75) is 26.3 Å². The summed E-state index contributed by atoms with van der Waals surface area (Å²) in [5, 5.41) is 6.99. The van der Waals surface area contributed by atoms with Gasteiger partial charge in [0.15, 0.2) is 0 Å². The van der Waals surface area contributed by atoms with Gasteiger partial charge in [-0.1, -0.05) is 24.2 Å². The van der Waals surface area contributed by atoms with E-state index in [9.17, 15) is 9.18 Å². The van der Waals surface area contributed by atoms with E-state index in [0.717, 1.165) is 11.1 Å². The van der Waals surface area contributed by atoms with Gasteiger partial charge in [0, 0.05) is 18.0 Å². The Hall–Kier alpha value is -3.02. The Morgan fingerprint density at radius 2 is 1.88 bits per heavy atom. The second-order valence-corrected chi connectivity index (χ2v) is 5.68. The normalized spacial score (nSPS) is 12.0. The van der Waals surface area contributed by atoms with E-state index in [-0.39, 0.29) is 17.8 Å². The van der Waals surface area contributed by atoms with Crippen LogP contribution in [0, 0.1) is 12.7 Å². The largest absolute Gasteiger partial charge is 0.360 e. The maximum absolute atomic E-state index is 13.1. The average molecular weight is 339 g/mol. The molecule has 0 aliphatic heterocycles. The van der Waals surface area contributed by atoms with Crippen LogP contribution in [0.3, 0.4) is 0 Å². The van der Waals surface area contributed by atoms with Gasteiger partial charge in [-0.3, -0.25) is 9.78 Å². The lowest BCUT2D eigenvalue weighted by atomic mass is 10.0. The fourth-order valence-electron chi connectivity index (χ4n) is 2.69. The van der Waals surface area contributed by atoms with Gasteiger partial charge in [0.1, 0.15) is 22.8 Å².